The second-order valence-electron chi connectivity index (χ2n) is 9.49. The van der Waals surface area contributed by atoms with Gasteiger partial charge in [-0.05, 0) is 39.7 Å². The average molecular weight is 400 g/mol. The molecule has 6 nitrogen and oxygen atoms in total. The van der Waals surface area contributed by atoms with E-state index in [0.717, 1.165) is 6.04 Å². The number of amides is 1. The number of hydrogen-bond acceptors (Lipinski definition) is 4. The van der Waals surface area contributed by atoms with Crippen molar-refractivity contribution in [1.29, 1.82) is 0 Å². The Bertz CT molecular complexity index is 629. The van der Waals surface area contributed by atoms with Gasteiger partial charge in [0.05, 0.1) is 6.20 Å². The van der Waals surface area contributed by atoms with E-state index in [9.17, 15) is 9.18 Å². The topological polar surface area (TPSA) is 56.6 Å². The first-order valence-corrected chi connectivity index (χ1v) is 13.4. The molecule has 2 rings (SSSR count). The highest BCUT2D eigenvalue weighted by molar-refractivity contribution is 6.76. The molecule has 1 aromatic heterocycles. The second kappa shape index (κ2) is 8.73. The minimum Gasteiger partial charge on any atom is -0.444 e. The van der Waals surface area contributed by atoms with Gasteiger partial charge in [-0.3, -0.25) is 0 Å². The van der Waals surface area contributed by atoms with Crippen LogP contribution >= 0.6 is 0 Å². The lowest BCUT2D eigenvalue weighted by Gasteiger charge is -2.32. The van der Waals surface area contributed by atoms with Gasteiger partial charge in [0.15, 0.2) is 5.82 Å². The first-order valence-electron chi connectivity index (χ1n) is 9.73. The lowest BCUT2D eigenvalue weighted by atomic mass is 9.93. The number of carbonyl (C=O) groups excluding carboxylic acids is 1. The molecule has 27 heavy (non-hydrogen) atoms. The fraction of sp³-hybridized carbons (Fsp3) is 0.789. The van der Waals surface area contributed by atoms with E-state index in [4.69, 9.17) is 9.47 Å². The van der Waals surface area contributed by atoms with Crippen LogP contribution in [0.1, 0.15) is 45.2 Å². The van der Waals surface area contributed by atoms with Crippen molar-refractivity contribution in [2.45, 2.75) is 77.5 Å². The van der Waals surface area contributed by atoms with E-state index in [-0.39, 0.29) is 24.6 Å². The molecule has 1 aliphatic rings. The molecule has 1 saturated heterocycles. The van der Waals surface area contributed by atoms with E-state index >= 15 is 0 Å². The molecule has 8 heteroatoms. The van der Waals surface area contributed by atoms with Crippen LogP contribution in [0.4, 0.5) is 9.18 Å². The minimum absolute atomic E-state index is 0.0203. The number of rotatable bonds is 6. The number of nitrogens with zero attached hydrogens (tertiary/aromatic N) is 3. The van der Waals surface area contributed by atoms with Gasteiger partial charge in [0.2, 0.25) is 0 Å². The molecule has 2 heterocycles. The molecule has 0 spiro atoms. The first-order chi connectivity index (χ1) is 12.4. The van der Waals surface area contributed by atoms with Gasteiger partial charge in [-0.2, -0.15) is 5.10 Å². The maximum Gasteiger partial charge on any atom is 0.410 e. The summed E-state index contributed by atoms with van der Waals surface area (Å²) in [6.07, 6.45) is 2.47. The Morgan fingerprint density at radius 3 is 2.48 bits per heavy atom. The summed E-state index contributed by atoms with van der Waals surface area (Å²) in [5, 5.41) is 4.39. The van der Waals surface area contributed by atoms with E-state index < -0.39 is 13.7 Å². The van der Waals surface area contributed by atoms with Gasteiger partial charge in [-0.25, -0.2) is 13.9 Å². The lowest BCUT2D eigenvalue weighted by molar-refractivity contribution is 0.0203. The van der Waals surface area contributed by atoms with E-state index in [1.54, 1.807) is 4.90 Å². The predicted octanol–water partition coefficient (Wildman–Crippen LogP) is 4.45. The Labute approximate surface area is 163 Å². The summed E-state index contributed by atoms with van der Waals surface area (Å²) >= 11 is 0. The SMILES string of the molecule is CC(C)(C)OC(=O)N1CCC(c2nn(COCC[Si](C)(C)C)cc2F)CC1. The molecule has 0 unspecified atom stereocenters. The Hall–Kier alpha value is -1.41. The zero-order chi connectivity index (χ0) is 20.2. The van der Waals surface area contributed by atoms with Crippen molar-refractivity contribution >= 4 is 14.2 Å². The van der Waals surface area contributed by atoms with Crippen molar-refractivity contribution in [2.24, 2.45) is 0 Å². The summed E-state index contributed by atoms with van der Waals surface area (Å²) in [6, 6.07) is 1.08. The summed E-state index contributed by atoms with van der Waals surface area (Å²) in [5.41, 5.74) is -0.0264. The van der Waals surface area contributed by atoms with Crippen LogP contribution in [-0.4, -0.2) is 54.1 Å². The van der Waals surface area contributed by atoms with E-state index in [2.05, 4.69) is 24.7 Å². The third kappa shape index (κ3) is 7.25. The molecule has 0 atom stereocenters. The molecule has 0 aromatic carbocycles. The number of likely N-dealkylation sites (tertiary alicyclic amines) is 1. The Balaban J connectivity index is 1.84. The molecule has 0 bridgehead atoms. The van der Waals surface area contributed by atoms with E-state index in [1.807, 2.05) is 20.8 Å². The highest BCUT2D eigenvalue weighted by Gasteiger charge is 2.30. The zero-order valence-corrected chi connectivity index (χ0v) is 18.5. The molecule has 1 aromatic rings. The maximum atomic E-state index is 14.3. The van der Waals surface area contributed by atoms with Gasteiger partial charge < -0.3 is 14.4 Å². The normalized spacial score (nSPS) is 16.6. The van der Waals surface area contributed by atoms with Gasteiger partial charge in [0.25, 0.3) is 0 Å². The summed E-state index contributed by atoms with van der Waals surface area (Å²) < 4.78 is 26.9. The van der Waals surface area contributed by atoms with Gasteiger partial charge in [-0.15, -0.1) is 0 Å². The van der Waals surface area contributed by atoms with Crippen molar-refractivity contribution < 1.29 is 18.7 Å². The molecule has 0 N–H and O–H groups in total. The zero-order valence-electron chi connectivity index (χ0n) is 17.5. The number of piperidine rings is 1. The van der Waals surface area contributed by atoms with Gasteiger partial charge in [0, 0.05) is 33.7 Å². The summed E-state index contributed by atoms with van der Waals surface area (Å²) in [6.45, 7) is 14.5. The van der Waals surface area contributed by atoms with E-state index in [1.165, 1.54) is 10.9 Å². The molecule has 154 valence electrons. The third-order valence-electron chi connectivity index (χ3n) is 4.50. The highest BCUT2D eigenvalue weighted by atomic mass is 28.3. The Morgan fingerprint density at radius 2 is 1.93 bits per heavy atom. The molecule has 0 saturated carbocycles. The number of halogens is 1. The number of aromatic nitrogens is 2. The molecule has 0 radical (unpaired) electrons. The third-order valence-corrected chi connectivity index (χ3v) is 6.20. The lowest BCUT2D eigenvalue weighted by Crippen LogP contribution is -2.41. The monoisotopic (exact) mass is 399 g/mol. The largest absolute Gasteiger partial charge is 0.444 e. The average Bonchev–Trinajstić information content (AvgIpc) is 2.90. The van der Waals surface area contributed by atoms with Crippen molar-refractivity contribution in [1.82, 2.24) is 14.7 Å². The van der Waals surface area contributed by atoms with Gasteiger partial charge >= 0.3 is 6.09 Å². The maximum absolute atomic E-state index is 14.3. The molecule has 1 aliphatic heterocycles. The van der Waals surface area contributed by atoms with Crippen LogP contribution in [0.3, 0.4) is 0 Å². The Kier molecular flexibility index (Phi) is 7.07. The number of carbonyl (C=O) groups is 1. The minimum atomic E-state index is -1.13. The predicted molar refractivity (Wildman–Crippen MR) is 106 cm³/mol. The second-order valence-corrected chi connectivity index (χ2v) is 15.1. The number of hydrogen-bond donors (Lipinski definition) is 0. The Morgan fingerprint density at radius 1 is 1.30 bits per heavy atom. The van der Waals surface area contributed by atoms with Crippen molar-refractivity contribution in [2.75, 3.05) is 19.7 Å². The molecular weight excluding hydrogens is 365 g/mol. The number of ether oxygens (including phenoxy) is 2. The van der Waals surface area contributed by atoms with Crippen LogP contribution in [0.5, 0.6) is 0 Å². The van der Waals surface area contributed by atoms with Crippen molar-refractivity contribution in [3.8, 4) is 0 Å². The van der Waals surface area contributed by atoms with Crippen molar-refractivity contribution in [3.63, 3.8) is 0 Å². The molecular formula is C19H34FN3O3Si. The quantitative estimate of drug-likeness (QED) is 0.524. The standard InChI is InChI=1S/C19H34FN3O3Si/c1-19(2,3)26-18(24)22-9-7-15(8-10-22)17-16(20)13-23(21-17)14-25-11-12-27(4,5)6/h13,15H,7-12,14H2,1-6H3. The highest BCUT2D eigenvalue weighted by Crippen LogP contribution is 2.29. The van der Waals surface area contributed by atoms with Crippen molar-refractivity contribution in [3.05, 3.63) is 17.7 Å². The summed E-state index contributed by atoms with van der Waals surface area (Å²) in [7, 11) is -1.13. The summed E-state index contributed by atoms with van der Waals surface area (Å²) in [5.74, 6) is -0.272. The fourth-order valence-corrected chi connectivity index (χ4v) is 3.71. The van der Waals surface area contributed by atoms with E-state index in [0.29, 0.717) is 38.2 Å². The molecule has 1 fully saturated rings. The molecule has 0 aliphatic carbocycles. The molecule has 1 amide bonds. The van der Waals surface area contributed by atoms with Crippen LogP contribution in [0.25, 0.3) is 0 Å². The fourth-order valence-electron chi connectivity index (χ4n) is 2.95. The van der Waals surface area contributed by atoms with Crippen LogP contribution < -0.4 is 0 Å². The smallest absolute Gasteiger partial charge is 0.410 e. The van der Waals surface area contributed by atoms with Crippen LogP contribution in [0.2, 0.25) is 25.7 Å². The van der Waals surface area contributed by atoms with Crippen LogP contribution in [-0.2, 0) is 16.2 Å². The summed E-state index contributed by atoms with van der Waals surface area (Å²) in [4.78, 5) is 13.8. The first kappa shape index (κ1) is 21.9. The van der Waals surface area contributed by atoms with Gasteiger partial charge in [0.1, 0.15) is 18.0 Å². The van der Waals surface area contributed by atoms with Crippen LogP contribution in [0, 0.1) is 5.82 Å². The van der Waals surface area contributed by atoms with Gasteiger partial charge in [-0.1, -0.05) is 19.6 Å². The van der Waals surface area contributed by atoms with Crippen LogP contribution in [0.15, 0.2) is 6.20 Å².